The monoisotopic (exact) mass is 363 g/mol. The number of benzene rings is 2. The fourth-order valence-corrected chi connectivity index (χ4v) is 2.11. The fourth-order valence-electron chi connectivity index (χ4n) is 1.92. The number of ether oxygens (including phenoxy) is 3. The first-order valence-corrected chi connectivity index (χ1v) is 8.02. The maximum Gasteiger partial charge on any atom is 0.344 e. The number of hydrogen-bond acceptors (Lipinski definition) is 5. The van der Waals surface area contributed by atoms with Crippen molar-refractivity contribution in [3.05, 3.63) is 53.6 Å². The molecule has 7 heteroatoms. The van der Waals surface area contributed by atoms with Crippen LogP contribution in [0.15, 0.2) is 48.5 Å². The molecule has 0 atom stereocenters. The van der Waals surface area contributed by atoms with Crippen molar-refractivity contribution in [1.29, 1.82) is 0 Å². The van der Waals surface area contributed by atoms with Crippen molar-refractivity contribution in [2.24, 2.45) is 0 Å². The van der Waals surface area contributed by atoms with Crippen LogP contribution in [0.4, 0.5) is 5.69 Å². The van der Waals surface area contributed by atoms with Gasteiger partial charge in [0.25, 0.3) is 5.91 Å². The minimum Gasteiger partial charge on any atom is -0.492 e. The fraction of sp³-hybridized carbons (Fsp3) is 0.222. The molecule has 0 radical (unpaired) electrons. The predicted molar refractivity (Wildman–Crippen MR) is 94.1 cm³/mol. The van der Waals surface area contributed by atoms with Crippen LogP contribution in [0.5, 0.6) is 11.5 Å². The summed E-state index contributed by atoms with van der Waals surface area (Å²) < 4.78 is 15.5. The van der Waals surface area contributed by atoms with Crippen LogP contribution in [0.1, 0.15) is 6.92 Å². The molecule has 0 heterocycles. The normalized spacial score (nSPS) is 10.0. The van der Waals surface area contributed by atoms with Crippen molar-refractivity contribution >= 4 is 29.2 Å². The first-order valence-electron chi connectivity index (χ1n) is 7.64. The molecule has 0 saturated carbocycles. The van der Waals surface area contributed by atoms with Crippen LogP contribution in [-0.4, -0.2) is 31.7 Å². The average Bonchev–Trinajstić information content (AvgIpc) is 2.61. The number of amides is 1. The quantitative estimate of drug-likeness (QED) is 0.728. The molecule has 25 heavy (non-hydrogen) atoms. The van der Waals surface area contributed by atoms with Crippen LogP contribution in [0.2, 0.25) is 5.02 Å². The highest BCUT2D eigenvalue weighted by Crippen LogP contribution is 2.24. The zero-order valence-electron chi connectivity index (χ0n) is 13.7. The molecule has 6 nitrogen and oxygen atoms in total. The maximum atomic E-state index is 11.9. The summed E-state index contributed by atoms with van der Waals surface area (Å²) >= 11 is 5.91. The molecule has 0 bridgehead atoms. The van der Waals surface area contributed by atoms with Crippen molar-refractivity contribution < 1.29 is 23.8 Å². The third-order valence-corrected chi connectivity index (χ3v) is 3.32. The van der Waals surface area contributed by atoms with Crippen LogP contribution in [0.25, 0.3) is 0 Å². The van der Waals surface area contributed by atoms with Crippen LogP contribution in [-0.2, 0) is 14.3 Å². The summed E-state index contributed by atoms with van der Waals surface area (Å²) in [6, 6.07) is 13.8. The summed E-state index contributed by atoms with van der Waals surface area (Å²) in [6.45, 7) is 1.55. The largest absolute Gasteiger partial charge is 0.492 e. The molecule has 132 valence electrons. The van der Waals surface area contributed by atoms with E-state index in [0.717, 1.165) is 0 Å². The Kier molecular flexibility index (Phi) is 7.10. The van der Waals surface area contributed by atoms with Crippen molar-refractivity contribution in [3.8, 4) is 11.5 Å². The predicted octanol–water partition coefficient (Wildman–Crippen LogP) is 3.30. The maximum absolute atomic E-state index is 11.9. The Morgan fingerprint density at radius 1 is 0.960 bits per heavy atom. The lowest BCUT2D eigenvalue weighted by atomic mass is 10.3. The summed E-state index contributed by atoms with van der Waals surface area (Å²) in [5, 5.41) is 3.02. The lowest BCUT2D eigenvalue weighted by Gasteiger charge is -2.11. The molecule has 0 spiro atoms. The number of hydrogen-bond donors (Lipinski definition) is 1. The van der Waals surface area contributed by atoms with E-state index in [1.807, 2.05) is 6.92 Å². The van der Waals surface area contributed by atoms with Gasteiger partial charge in [0.15, 0.2) is 13.2 Å². The van der Waals surface area contributed by atoms with Gasteiger partial charge in [-0.3, -0.25) is 4.79 Å². The number of esters is 1. The highest BCUT2D eigenvalue weighted by Gasteiger charge is 2.11. The molecule has 2 aromatic rings. The summed E-state index contributed by atoms with van der Waals surface area (Å²) in [6.07, 6.45) is 0. The van der Waals surface area contributed by atoms with Crippen molar-refractivity contribution in [2.75, 3.05) is 25.1 Å². The Morgan fingerprint density at radius 3 is 2.36 bits per heavy atom. The highest BCUT2D eigenvalue weighted by molar-refractivity contribution is 6.32. The Balaban J connectivity index is 1.78. The van der Waals surface area contributed by atoms with Crippen molar-refractivity contribution in [3.63, 3.8) is 0 Å². The highest BCUT2D eigenvalue weighted by atomic mass is 35.5. The second kappa shape index (κ2) is 9.54. The van der Waals surface area contributed by atoms with E-state index in [1.54, 1.807) is 48.5 Å². The second-order valence-electron chi connectivity index (χ2n) is 4.86. The van der Waals surface area contributed by atoms with Gasteiger partial charge in [-0.2, -0.15) is 0 Å². The molecular formula is C18H18ClNO5. The van der Waals surface area contributed by atoms with Crippen LogP contribution in [0, 0.1) is 0 Å². The van der Waals surface area contributed by atoms with E-state index in [4.69, 9.17) is 25.8 Å². The standard InChI is InChI=1S/C18H18ClNO5/c1-2-23-16-10-6-4-8-14(16)20-17(21)11-25-18(22)12-24-15-9-5-3-7-13(15)19/h3-10H,2,11-12H2,1H3,(H,20,21). The van der Waals surface area contributed by atoms with E-state index >= 15 is 0 Å². The Hall–Kier alpha value is -2.73. The van der Waals surface area contributed by atoms with Gasteiger partial charge in [0.05, 0.1) is 17.3 Å². The molecule has 0 aromatic heterocycles. The molecule has 0 aliphatic heterocycles. The third-order valence-electron chi connectivity index (χ3n) is 3.01. The van der Waals surface area contributed by atoms with E-state index in [1.165, 1.54) is 0 Å². The first kappa shape index (κ1) is 18.6. The van der Waals surface area contributed by atoms with E-state index in [0.29, 0.717) is 28.8 Å². The number of rotatable bonds is 8. The molecule has 2 aromatic carbocycles. The molecule has 0 fully saturated rings. The van der Waals surface area contributed by atoms with Gasteiger partial charge < -0.3 is 19.5 Å². The number of halogens is 1. The van der Waals surface area contributed by atoms with Gasteiger partial charge in [-0.25, -0.2) is 4.79 Å². The average molecular weight is 364 g/mol. The molecule has 0 unspecified atom stereocenters. The lowest BCUT2D eigenvalue weighted by Crippen LogP contribution is -2.24. The Morgan fingerprint density at radius 2 is 1.64 bits per heavy atom. The Labute approximate surface area is 150 Å². The molecule has 0 aliphatic carbocycles. The van der Waals surface area contributed by atoms with Gasteiger partial charge in [-0.15, -0.1) is 0 Å². The first-order chi connectivity index (χ1) is 12.1. The SMILES string of the molecule is CCOc1ccccc1NC(=O)COC(=O)COc1ccccc1Cl. The van der Waals surface area contributed by atoms with E-state index < -0.39 is 18.5 Å². The van der Waals surface area contributed by atoms with E-state index in [-0.39, 0.29) is 6.61 Å². The zero-order valence-corrected chi connectivity index (χ0v) is 14.4. The summed E-state index contributed by atoms with van der Waals surface area (Å²) in [5.41, 5.74) is 0.512. The number of carbonyl (C=O) groups is 2. The Bertz CT molecular complexity index is 735. The number of anilines is 1. The molecule has 1 amide bonds. The van der Waals surface area contributed by atoms with Crippen LogP contribution in [0.3, 0.4) is 0 Å². The molecule has 0 aliphatic rings. The van der Waals surface area contributed by atoms with Gasteiger partial charge in [0.1, 0.15) is 11.5 Å². The van der Waals surface area contributed by atoms with Crippen molar-refractivity contribution in [1.82, 2.24) is 0 Å². The molecular weight excluding hydrogens is 346 g/mol. The smallest absolute Gasteiger partial charge is 0.344 e. The second-order valence-corrected chi connectivity index (χ2v) is 5.26. The summed E-state index contributed by atoms with van der Waals surface area (Å²) in [4.78, 5) is 23.6. The van der Waals surface area contributed by atoms with Gasteiger partial charge in [0.2, 0.25) is 0 Å². The molecule has 1 N–H and O–H groups in total. The third kappa shape index (κ3) is 6.00. The molecule has 2 rings (SSSR count). The number of nitrogens with one attached hydrogen (secondary N) is 1. The van der Waals surface area contributed by atoms with Crippen LogP contribution >= 0.6 is 11.6 Å². The minimum atomic E-state index is -0.673. The number of carbonyl (C=O) groups excluding carboxylic acids is 2. The zero-order chi connectivity index (χ0) is 18.1. The van der Waals surface area contributed by atoms with Gasteiger partial charge in [-0.1, -0.05) is 35.9 Å². The van der Waals surface area contributed by atoms with Crippen molar-refractivity contribution in [2.45, 2.75) is 6.92 Å². The summed E-state index contributed by atoms with van der Waals surface area (Å²) in [5.74, 6) is -0.227. The minimum absolute atomic E-state index is 0.341. The van der Waals surface area contributed by atoms with E-state index in [9.17, 15) is 9.59 Å². The van der Waals surface area contributed by atoms with Crippen LogP contribution < -0.4 is 14.8 Å². The van der Waals surface area contributed by atoms with Gasteiger partial charge >= 0.3 is 5.97 Å². The van der Waals surface area contributed by atoms with Gasteiger partial charge in [-0.05, 0) is 31.2 Å². The topological polar surface area (TPSA) is 73.9 Å². The summed E-state index contributed by atoms with van der Waals surface area (Å²) in [7, 11) is 0. The van der Waals surface area contributed by atoms with E-state index in [2.05, 4.69) is 5.32 Å². The lowest BCUT2D eigenvalue weighted by molar-refractivity contribution is -0.149. The molecule has 0 saturated heterocycles. The van der Waals surface area contributed by atoms with Gasteiger partial charge in [0, 0.05) is 0 Å². The number of para-hydroxylation sites is 3.